The Morgan fingerprint density at radius 3 is 2.56 bits per heavy atom. The Hall–Kier alpha value is -1.85. The van der Waals surface area contributed by atoms with Gasteiger partial charge in [0.25, 0.3) is 5.91 Å². The van der Waals surface area contributed by atoms with Gasteiger partial charge in [-0.05, 0) is 25.8 Å². The second-order valence-corrected chi connectivity index (χ2v) is 5.27. The molecule has 0 aliphatic heterocycles. The van der Waals surface area contributed by atoms with E-state index in [2.05, 4.69) is 15.5 Å². The first-order valence-corrected chi connectivity index (χ1v) is 5.81. The summed E-state index contributed by atoms with van der Waals surface area (Å²) in [5, 5.41) is 18.1. The number of nitrogens with one attached hydrogen (secondary N) is 2. The summed E-state index contributed by atoms with van der Waals surface area (Å²) in [6.07, 6.45) is -0.139. The van der Waals surface area contributed by atoms with Crippen LogP contribution in [0.4, 0.5) is 0 Å². The zero-order valence-electron chi connectivity index (χ0n) is 11.1. The summed E-state index contributed by atoms with van der Waals surface area (Å²) in [6, 6.07) is 1.68. The van der Waals surface area contributed by atoms with Crippen molar-refractivity contribution in [1.29, 1.82) is 0 Å². The highest BCUT2D eigenvalue weighted by Crippen LogP contribution is 2.13. The number of nitrogens with zero attached hydrogens (tertiary/aromatic N) is 1. The Morgan fingerprint density at radius 1 is 1.50 bits per heavy atom. The van der Waals surface area contributed by atoms with E-state index in [4.69, 9.17) is 5.11 Å². The predicted molar refractivity (Wildman–Crippen MR) is 66.5 cm³/mol. The van der Waals surface area contributed by atoms with Gasteiger partial charge < -0.3 is 10.4 Å². The zero-order chi connectivity index (χ0) is 13.9. The Morgan fingerprint density at radius 2 is 2.11 bits per heavy atom. The normalized spacial score (nSPS) is 11.6. The van der Waals surface area contributed by atoms with Crippen LogP contribution in [0.5, 0.6) is 0 Å². The molecule has 6 nitrogen and oxygen atoms in total. The van der Waals surface area contributed by atoms with Crippen molar-refractivity contribution < 1.29 is 14.7 Å². The van der Waals surface area contributed by atoms with Gasteiger partial charge in [0, 0.05) is 11.2 Å². The molecule has 0 spiro atoms. The lowest BCUT2D eigenvalue weighted by atomic mass is 10.0. The van der Waals surface area contributed by atoms with Gasteiger partial charge >= 0.3 is 5.97 Å². The summed E-state index contributed by atoms with van der Waals surface area (Å²) in [6.45, 7) is 7.30. The highest BCUT2D eigenvalue weighted by molar-refractivity contribution is 5.93. The maximum absolute atomic E-state index is 11.9. The smallest absolute Gasteiger partial charge is 0.305 e. The van der Waals surface area contributed by atoms with E-state index in [0.717, 1.165) is 5.69 Å². The number of aliphatic carboxylic acids is 1. The Labute approximate surface area is 106 Å². The third-order valence-corrected chi connectivity index (χ3v) is 2.50. The van der Waals surface area contributed by atoms with Gasteiger partial charge in [0.05, 0.1) is 6.42 Å². The number of H-pyrrole nitrogens is 1. The van der Waals surface area contributed by atoms with E-state index in [9.17, 15) is 9.59 Å². The summed E-state index contributed by atoms with van der Waals surface area (Å²) < 4.78 is 0. The van der Waals surface area contributed by atoms with Crippen LogP contribution in [0.3, 0.4) is 0 Å². The highest BCUT2D eigenvalue weighted by atomic mass is 16.4. The number of carbonyl (C=O) groups is 2. The van der Waals surface area contributed by atoms with Crippen LogP contribution >= 0.6 is 0 Å². The number of carboxylic acid groups (broad SMARTS) is 1. The molecule has 0 saturated carbocycles. The number of amides is 1. The molecule has 0 atom stereocenters. The Kier molecular flexibility index (Phi) is 4.11. The number of rotatable bonds is 5. The molecule has 18 heavy (non-hydrogen) atoms. The van der Waals surface area contributed by atoms with Gasteiger partial charge in [0.2, 0.25) is 0 Å². The molecule has 100 valence electrons. The average molecular weight is 253 g/mol. The van der Waals surface area contributed by atoms with Crippen LogP contribution in [0, 0.1) is 0 Å². The molecule has 1 heterocycles. The molecule has 0 radical (unpaired) electrons. The van der Waals surface area contributed by atoms with Gasteiger partial charge in [-0.1, -0.05) is 13.8 Å². The average Bonchev–Trinajstić information content (AvgIpc) is 2.62. The SMILES string of the molecule is CC(C)c1cc(C(=O)NC(C)(C)CC(=O)O)n[nH]1. The van der Waals surface area contributed by atoms with Crippen LogP contribution < -0.4 is 5.32 Å². The summed E-state index contributed by atoms with van der Waals surface area (Å²) in [5.41, 5.74) is 0.341. The summed E-state index contributed by atoms with van der Waals surface area (Å²) in [7, 11) is 0. The summed E-state index contributed by atoms with van der Waals surface area (Å²) in [5.74, 6) is -1.07. The lowest BCUT2D eigenvalue weighted by molar-refractivity contribution is -0.138. The Bertz CT molecular complexity index is 449. The fourth-order valence-corrected chi connectivity index (χ4v) is 1.54. The first-order chi connectivity index (χ1) is 8.21. The van der Waals surface area contributed by atoms with Gasteiger partial charge in [-0.25, -0.2) is 0 Å². The summed E-state index contributed by atoms with van der Waals surface area (Å²) >= 11 is 0. The van der Waals surface area contributed by atoms with Crippen molar-refractivity contribution in [3.63, 3.8) is 0 Å². The minimum Gasteiger partial charge on any atom is -0.481 e. The molecule has 1 aromatic heterocycles. The molecule has 0 fully saturated rings. The van der Waals surface area contributed by atoms with Crippen molar-refractivity contribution in [2.75, 3.05) is 0 Å². The van der Waals surface area contributed by atoms with Crippen LogP contribution in [0.15, 0.2) is 6.07 Å². The lowest BCUT2D eigenvalue weighted by Gasteiger charge is -2.23. The van der Waals surface area contributed by atoms with Crippen molar-refractivity contribution in [2.24, 2.45) is 0 Å². The summed E-state index contributed by atoms with van der Waals surface area (Å²) in [4.78, 5) is 22.5. The van der Waals surface area contributed by atoms with Gasteiger partial charge in [-0.3, -0.25) is 14.7 Å². The molecule has 6 heteroatoms. The van der Waals surface area contributed by atoms with Crippen LogP contribution in [-0.2, 0) is 4.79 Å². The number of hydrogen-bond donors (Lipinski definition) is 3. The van der Waals surface area contributed by atoms with E-state index in [1.807, 2.05) is 13.8 Å². The van der Waals surface area contributed by atoms with Crippen LogP contribution in [-0.4, -0.2) is 32.7 Å². The molecule has 0 aliphatic rings. The van der Waals surface area contributed by atoms with Gasteiger partial charge in [-0.2, -0.15) is 5.10 Å². The number of carbonyl (C=O) groups excluding carboxylic acids is 1. The van der Waals surface area contributed by atoms with E-state index in [1.54, 1.807) is 19.9 Å². The Balaban J connectivity index is 2.72. The van der Waals surface area contributed by atoms with Crippen molar-refractivity contribution in [2.45, 2.75) is 45.6 Å². The van der Waals surface area contributed by atoms with Crippen LogP contribution in [0.1, 0.15) is 56.2 Å². The molecule has 1 aromatic rings. The third-order valence-electron chi connectivity index (χ3n) is 2.50. The molecular weight excluding hydrogens is 234 g/mol. The number of carboxylic acids is 1. The topological polar surface area (TPSA) is 95.1 Å². The van der Waals surface area contributed by atoms with Crippen molar-refractivity contribution in [3.8, 4) is 0 Å². The first-order valence-electron chi connectivity index (χ1n) is 5.81. The zero-order valence-corrected chi connectivity index (χ0v) is 11.1. The fourth-order valence-electron chi connectivity index (χ4n) is 1.54. The molecule has 1 amide bonds. The van der Waals surface area contributed by atoms with E-state index < -0.39 is 11.5 Å². The second kappa shape index (κ2) is 5.20. The molecule has 0 bridgehead atoms. The van der Waals surface area contributed by atoms with Gasteiger partial charge in [0.15, 0.2) is 0 Å². The van der Waals surface area contributed by atoms with E-state index >= 15 is 0 Å². The molecule has 1 rings (SSSR count). The minimum atomic E-state index is -0.954. The second-order valence-electron chi connectivity index (χ2n) is 5.27. The lowest BCUT2D eigenvalue weighted by Crippen LogP contribution is -2.45. The number of aromatic nitrogens is 2. The monoisotopic (exact) mass is 253 g/mol. The predicted octanol–water partition coefficient (Wildman–Crippen LogP) is 1.52. The fraction of sp³-hybridized carbons (Fsp3) is 0.583. The number of hydrogen-bond acceptors (Lipinski definition) is 3. The molecule has 0 aliphatic carbocycles. The maximum Gasteiger partial charge on any atom is 0.305 e. The van der Waals surface area contributed by atoms with Gasteiger partial charge in [-0.15, -0.1) is 0 Å². The highest BCUT2D eigenvalue weighted by Gasteiger charge is 2.25. The molecule has 0 aromatic carbocycles. The number of aromatic amines is 1. The van der Waals surface area contributed by atoms with E-state index in [-0.39, 0.29) is 23.9 Å². The van der Waals surface area contributed by atoms with E-state index in [1.165, 1.54) is 0 Å². The quantitative estimate of drug-likeness (QED) is 0.741. The van der Waals surface area contributed by atoms with Crippen LogP contribution in [0.2, 0.25) is 0 Å². The molecule has 0 saturated heterocycles. The molecular formula is C12H19N3O3. The first kappa shape index (κ1) is 14.2. The maximum atomic E-state index is 11.9. The molecule has 0 unspecified atom stereocenters. The standard InChI is InChI=1S/C12H19N3O3/c1-7(2)8-5-9(15-14-8)11(18)13-12(3,4)6-10(16)17/h5,7H,6H2,1-4H3,(H,13,18)(H,14,15)(H,16,17). The minimum absolute atomic E-state index is 0.139. The van der Waals surface area contributed by atoms with Crippen LogP contribution in [0.25, 0.3) is 0 Å². The van der Waals surface area contributed by atoms with Crippen molar-refractivity contribution in [1.82, 2.24) is 15.5 Å². The van der Waals surface area contributed by atoms with Crippen molar-refractivity contribution >= 4 is 11.9 Å². The van der Waals surface area contributed by atoms with E-state index in [0.29, 0.717) is 0 Å². The molecule has 3 N–H and O–H groups in total. The van der Waals surface area contributed by atoms with Gasteiger partial charge in [0.1, 0.15) is 5.69 Å². The largest absolute Gasteiger partial charge is 0.481 e. The van der Waals surface area contributed by atoms with Crippen molar-refractivity contribution in [3.05, 3.63) is 17.5 Å². The third kappa shape index (κ3) is 3.87.